The number of benzene rings is 1. The van der Waals surface area contributed by atoms with Crippen molar-refractivity contribution in [1.82, 2.24) is 9.78 Å². The molecular formula is C16H17FN2O3. The van der Waals surface area contributed by atoms with E-state index in [9.17, 15) is 14.0 Å². The molecule has 0 bridgehead atoms. The number of aromatic nitrogens is 2. The lowest BCUT2D eigenvalue weighted by atomic mass is 10.1. The fourth-order valence-corrected chi connectivity index (χ4v) is 1.87. The second-order valence-corrected chi connectivity index (χ2v) is 4.77. The molecule has 0 saturated carbocycles. The molecule has 0 aliphatic heterocycles. The Morgan fingerprint density at radius 3 is 2.77 bits per heavy atom. The van der Waals surface area contributed by atoms with Gasteiger partial charge in [0, 0.05) is 11.6 Å². The summed E-state index contributed by atoms with van der Waals surface area (Å²) in [7, 11) is 0. The van der Waals surface area contributed by atoms with Gasteiger partial charge < -0.3 is 4.74 Å². The summed E-state index contributed by atoms with van der Waals surface area (Å²) in [5, 5.41) is 4.03. The highest BCUT2D eigenvalue weighted by molar-refractivity contribution is 5.69. The van der Waals surface area contributed by atoms with Crippen LogP contribution >= 0.6 is 0 Å². The van der Waals surface area contributed by atoms with Gasteiger partial charge in [-0.3, -0.25) is 9.59 Å². The third-order valence-corrected chi connectivity index (χ3v) is 3.06. The largest absolute Gasteiger partial charge is 0.464 e. The number of hydrogen-bond donors (Lipinski definition) is 0. The van der Waals surface area contributed by atoms with Crippen LogP contribution in [0.2, 0.25) is 0 Å². The van der Waals surface area contributed by atoms with Crippen LogP contribution in [0, 0.1) is 5.82 Å². The second kappa shape index (κ2) is 7.49. The molecule has 1 heterocycles. The molecule has 6 heteroatoms. The summed E-state index contributed by atoms with van der Waals surface area (Å²) >= 11 is 0. The van der Waals surface area contributed by atoms with E-state index in [-0.39, 0.29) is 12.1 Å². The van der Waals surface area contributed by atoms with Crippen LogP contribution in [0.5, 0.6) is 0 Å². The van der Waals surface area contributed by atoms with Crippen molar-refractivity contribution in [3.05, 3.63) is 52.6 Å². The predicted molar refractivity (Wildman–Crippen MR) is 79.8 cm³/mol. The number of halogens is 1. The molecule has 1 aromatic heterocycles. The maximum absolute atomic E-state index is 13.8. The smallest absolute Gasteiger partial charge is 0.327 e. The van der Waals surface area contributed by atoms with Crippen molar-refractivity contribution in [3.8, 4) is 11.3 Å². The third kappa shape index (κ3) is 4.00. The van der Waals surface area contributed by atoms with Crippen molar-refractivity contribution in [2.24, 2.45) is 0 Å². The number of esters is 1. The van der Waals surface area contributed by atoms with E-state index < -0.39 is 17.3 Å². The first-order chi connectivity index (χ1) is 10.6. The van der Waals surface area contributed by atoms with Crippen molar-refractivity contribution in [2.75, 3.05) is 6.61 Å². The minimum absolute atomic E-state index is 0.274. The molecule has 0 radical (unpaired) electrons. The van der Waals surface area contributed by atoms with Crippen LogP contribution in [0.4, 0.5) is 4.39 Å². The van der Waals surface area contributed by atoms with E-state index in [0.717, 1.165) is 17.5 Å². The number of nitrogens with zero attached hydrogens (tertiary/aromatic N) is 2. The normalized spacial score (nSPS) is 10.5. The van der Waals surface area contributed by atoms with Gasteiger partial charge in [-0.05, 0) is 24.6 Å². The highest BCUT2D eigenvalue weighted by atomic mass is 19.1. The van der Waals surface area contributed by atoms with Crippen LogP contribution in [0.25, 0.3) is 11.3 Å². The van der Waals surface area contributed by atoms with E-state index in [2.05, 4.69) is 5.10 Å². The topological polar surface area (TPSA) is 61.2 Å². The average molecular weight is 304 g/mol. The second-order valence-electron chi connectivity index (χ2n) is 4.77. The Morgan fingerprint density at radius 1 is 1.27 bits per heavy atom. The van der Waals surface area contributed by atoms with Gasteiger partial charge in [-0.25, -0.2) is 9.07 Å². The molecule has 0 saturated heterocycles. The van der Waals surface area contributed by atoms with E-state index in [1.807, 2.05) is 6.92 Å². The van der Waals surface area contributed by atoms with Crippen LogP contribution in [-0.4, -0.2) is 22.4 Å². The standard InChI is InChI=1S/C16H17FN2O3/c1-2-3-10-22-16(21)11-19-15(20)9-8-14(18-19)12-6-4-5-7-13(12)17/h4-9H,2-3,10-11H2,1H3. The van der Waals surface area contributed by atoms with Gasteiger partial charge in [-0.2, -0.15) is 5.10 Å². The molecule has 0 aliphatic carbocycles. The summed E-state index contributed by atoms with van der Waals surface area (Å²) in [6.45, 7) is 2.01. The number of ether oxygens (including phenoxy) is 1. The maximum Gasteiger partial charge on any atom is 0.327 e. The molecule has 0 aliphatic rings. The fourth-order valence-electron chi connectivity index (χ4n) is 1.87. The molecule has 2 rings (SSSR count). The molecule has 0 fully saturated rings. The van der Waals surface area contributed by atoms with Crippen molar-refractivity contribution in [3.63, 3.8) is 0 Å². The van der Waals surface area contributed by atoms with Crippen LogP contribution in [0.3, 0.4) is 0 Å². The van der Waals surface area contributed by atoms with Crippen LogP contribution in [0.1, 0.15) is 19.8 Å². The Bertz CT molecular complexity index is 713. The van der Waals surface area contributed by atoms with E-state index in [1.54, 1.807) is 18.2 Å². The highest BCUT2D eigenvalue weighted by Gasteiger charge is 2.11. The zero-order chi connectivity index (χ0) is 15.9. The van der Waals surface area contributed by atoms with Crippen LogP contribution in [-0.2, 0) is 16.1 Å². The van der Waals surface area contributed by atoms with Crippen LogP contribution in [0.15, 0.2) is 41.2 Å². The van der Waals surface area contributed by atoms with Crippen LogP contribution < -0.4 is 5.56 Å². The Hall–Kier alpha value is -2.50. The Labute approximate surface area is 127 Å². The number of carbonyl (C=O) groups is 1. The molecule has 2 aromatic rings. The van der Waals surface area contributed by atoms with Gasteiger partial charge in [0.15, 0.2) is 0 Å². The van der Waals surface area contributed by atoms with Gasteiger partial charge >= 0.3 is 5.97 Å². The van der Waals surface area contributed by atoms with Gasteiger partial charge in [-0.1, -0.05) is 25.5 Å². The zero-order valence-electron chi connectivity index (χ0n) is 12.3. The predicted octanol–water partition coefficient (Wildman–Crippen LogP) is 2.39. The molecule has 22 heavy (non-hydrogen) atoms. The molecule has 116 valence electrons. The fraction of sp³-hybridized carbons (Fsp3) is 0.312. The zero-order valence-corrected chi connectivity index (χ0v) is 12.3. The lowest BCUT2D eigenvalue weighted by molar-refractivity contribution is -0.144. The summed E-state index contributed by atoms with van der Waals surface area (Å²) < 4.78 is 19.7. The Morgan fingerprint density at radius 2 is 2.05 bits per heavy atom. The molecular weight excluding hydrogens is 287 g/mol. The summed E-state index contributed by atoms with van der Waals surface area (Å²) in [4.78, 5) is 23.4. The number of rotatable bonds is 6. The molecule has 5 nitrogen and oxygen atoms in total. The van der Waals surface area contributed by atoms with E-state index in [1.165, 1.54) is 18.2 Å². The van der Waals surface area contributed by atoms with E-state index in [4.69, 9.17) is 4.74 Å². The summed E-state index contributed by atoms with van der Waals surface area (Å²) in [5.41, 5.74) is 0.127. The first-order valence-electron chi connectivity index (χ1n) is 7.10. The summed E-state index contributed by atoms with van der Waals surface area (Å²) in [6.07, 6.45) is 1.68. The highest BCUT2D eigenvalue weighted by Crippen LogP contribution is 2.18. The van der Waals surface area contributed by atoms with E-state index >= 15 is 0 Å². The lowest BCUT2D eigenvalue weighted by Crippen LogP contribution is -2.27. The minimum atomic E-state index is -0.534. The van der Waals surface area contributed by atoms with Gasteiger partial charge in [-0.15, -0.1) is 0 Å². The Kier molecular flexibility index (Phi) is 5.41. The first kappa shape index (κ1) is 15.9. The third-order valence-electron chi connectivity index (χ3n) is 3.06. The van der Waals surface area contributed by atoms with Crippen molar-refractivity contribution >= 4 is 5.97 Å². The monoisotopic (exact) mass is 304 g/mol. The summed E-state index contributed by atoms with van der Waals surface area (Å²) in [5.74, 6) is -0.973. The number of unbranched alkanes of at least 4 members (excludes halogenated alkanes) is 1. The van der Waals surface area contributed by atoms with Gasteiger partial charge in [0.25, 0.3) is 5.56 Å². The van der Waals surface area contributed by atoms with E-state index in [0.29, 0.717) is 12.3 Å². The maximum atomic E-state index is 13.8. The molecule has 0 amide bonds. The summed E-state index contributed by atoms with van der Waals surface area (Å²) in [6, 6.07) is 8.81. The van der Waals surface area contributed by atoms with Crippen molar-refractivity contribution in [2.45, 2.75) is 26.3 Å². The molecule has 0 spiro atoms. The number of hydrogen-bond acceptors (Lipinski definition) is 4. The van der Waals surface area contributed by atoms with Gasteiger partial charge in [0.1, 0.15) is 12.4 Å². The van der Waals surface area contributed by atoms with Gasteiger partial charge in [0.05, 0.1) is 12.3 Å². The van der Waals surface area contributed by atoms with Crippen molar-refractivity contribution in [1.29, 1.82) is 0 Å². The number of carbonyl (C=O) groups excluding carboxylic acids is 1. The quantitative estimate of drug-likeness (QED) is 0.607. The minimum Gasteiger partial charge on any atom is -0.464 e. The molecule has 0 N–H and O–H groups in total. The molecule has 1 aromatic carbocycles. The molecule has 0 atom stereocenters. The van der Waals surface area contributed by atoms with Crippen molar-refractivity contribution < 1.29 is 13.9 Å². The average Bonchev–Trinajstić information content (AvgIpc) is 2.50. The SMILES string of the molecule is CCCCOC(=O)Cn1nc(-c2ccccc2F)ccc1=O. The lowest BCUT2D eigenvalue weighted by Gasteiger charge is -2.08. The van der Waals surface area contributed by atoms with Gasteiger partial charge in [0.2, 0.25) is 0 Å². The first-order valence-corrected chi connectivity index (χ1v) is 7.10. The molecule has 0 unspecified atom stereocenters. The Balaban J connectivity index is 2.19.